The number of carbonyl (C=O) groups is 1. The molecule has 2 fully saturated rings. The molecule has 0 aromatic carbocycles. The standard InChI is InChI=1S/C25H38ClN5O5/c1-24(2,3)36-23(32)27-13-16-8-6-7-10-30(16)14-17-12-19(35-25(4,5)33)22(34-17)31-11-9-18-20(26)28-15-29-21(18)31/h9,11,15-17,19,22,33H,6-8,10,12-14H2,1-5H3,(H,27,32). The molecule has 4 atom stereocenters. The summed E-state index contributed by atoms with van der Waals surface area (Å²) in [6.45, 7) is 10.9. The first-order valence-electron chi connectivity index (χ1n) is 12.6. The van der Waals surface area contributed by atoms with Crippen LogP contribution in [0.2, 0.25) is 5.15 Å². The SMILES string of the molecule is CC(C)(C)OC(=O)NCC1CCCCN1CC1CC(OC(C)(C)O)C(n2ccc3c(Cl)ncnc32)O1. The summed E-state index contributed by atoms with van der Waals surface area (Å²) in [6.07, 6.45) is 5.72. The second-order valence-corrected chi connectivity index (χ2v) is 11.5. The van der Waals surface area contributed by atoms with Gasteiger partial charge in [-0.25, -0.2) is 14.8 Å². The fourth-order valence-corrected chi connectivity index (χ4v) is 5.20. The quantitative estimate of drug-likeness (QED) is 0.415. The third kappa shape index (κ3) is 6.86. The van der Waals surface area contributed by atoms with Crippen LogP contribution in [0.1, 0.15) is 66.5 Å². The lowest BCUT2D eigenvalue weighted by atomic mass is 10.0. The highest BCUT2D eigenvalue weighted by Crippen LogP contribution is 2.37. The van der Waals surface area contributed by atoms with Gasteiger partial charge in [0.2, 0.25) is 0 Å². The highest BCUT2D eigenvalue weighted by Gasteiger charge is 2.42. The van der Waals surface area contributed by atoms with Crippen LogP contribution < -0.4 is 5.32 Å². The summed E-state index contributed by atoms with van der Waals surface area (Å²) >= 11 is 6.26. The Hall–Kier alpha value is -1.98. The van der Waals surface area contributed by atoms with E-state index in [2.05, 4.69) is 20.2 Å². The minimum Gasteiger partial charge on any atom is -0.444 e. The fourth-order valence-electron chi connectivity index (χ4n) is 5.01. The summed E-state index contributed by atoms with van der Waals surface area (Å²) < 4.78 is 19.9. The molecular weight excluding hydrogens is 486 g/mol. The lowest BCUT2D eigenvalue weighted by molar-refractivity contribution is -0.222. The first-order valence-corrected chi connectivity index (χ1v) is 13.0. The van der Waals surface area contributed by atoms with Crippen LogP contribution in [-0.2, 0) is 14.2 Å². The minimum absolute atomic E-state index is 0.126. The van der Waals surface area contributed by atoms with Gasteiger partial charge in [0.15, 0.2) is 12.0 Å². The Labute approximate surface area is 217 Å². The van der Waals surface area contributed by atoms with Crippen molar-refractivity contribution in [2.75, 3.05) is 19.6 Å². The topological polar surface area (TPSA) is 111 Å². The highest BCUT2D eigenvalue weighted by molar-refractivity contribution is 6.33. The average Bonchev–Trinajstić information content (AvgIpc) is 3.35. The van der Waals surface area contributed by atoms with Crippen LogP contribution in [0.5, 0.6) is 0 Å². The van der Waals surface area contributed by atoms with Gasteiger partial charge in [-0.2, -0.15) is 0 Å². The minimum atomic E-state index is -1.32. The monoisotopic (exact) mass is 523 g/mol. The smallest absolute Gasteiger partial charge is 0.407 e. The first kappa shape index (κ1) is 27.1. The van der Waals surface area contributed by atoms with Crippen molar-refractivity contribution >= 4 is 28.7 Å². The van der Waals surface area contributed by atoms with Crippen molar-refractivity contribution in [2.45, 2.75) is 96.2 Å². The van der Waals surface area contributed by atoms with Crippen molar-refractivity contribution in [3.8, 4) is 0 Å². The summed E-state index contributed by atoms with van der Waals surface area (Å²) in [5.41, 5.74) is 0.124. The van der Waals surface area contributed by atoms with Gasteiger partial charge in [0.25, 0.3) is 0 Å². The zero-order chi connectivity index (χ0) is 26.1. The van der Waals surface area contributed by atoms with Crippen LogP contribution in [0.25, 0.3) is 11.0 Å². The summed E-state index contributed by atoms with van der Waals surface area (Å²) in [4.78, 5) is 23.0. The summed E-state index contributed by atoms with van der Waals surface area (Å²) in [7, 11) is 0. The van der Waals surface area contributed by atoms with Gasteiger partial charge in [0.05, 0.1) is 11.5 Å². The number of fused-ring (bicyclic) bond motifs is 1. The average molecular weight is 524 g/mol. The molecule has 2 aromatic rings. The molecule has 2 saturated heterocycles. The number of hydrogen-bond acceptors (Lipinski definition) is 8. The number of aromatic nitrogens is 3. The van der Waals surface area contributed by atoms with E-state index in [1.165, 1.54) is 6.33 Å². The van der Waals surface area contributed by atoms with E-state index >= 15 is 0 Å². The molecule has 2 aliphatic heterocycles. The number of piperidine rings is 1. The molecule has 4 rings (SSSR count). The van der Waals surface area contributed by atoms with Gasteiger partial charge >= 0.3 is 6.09 Å². The number of nitrogens with one attached hydrogen (secondary N) is 1. The van der Waals surface area contributed by atoms with Crippen molar-refractivity contribution < 1.29 is 24.1 Å². The Morgan fingerprint density at radius 2 is 2.06 bits per heavy atom. The number of carbonyl (C=O) groups excluding carboxylic acids is 1. The zero-order valence-electron chi connectivity index (χ0n) is 21.7. The van der Waals surface area contributed by atoms with E-state index in [1.54, 1.807) is 13.8 Å². The maximum absolute atomic E-state index is 12.2. The van der Waals surface area contributed by atoms with Crippen molar-refractivity contribution in [1.29, 1.82) is 0 Å². The van der Waals surface area contributed by atoms with Crippen molar-refractivity contribution in [2.24, 2.45) is 0 Å². The van der Waals surface area contributed by atoms with E-state index < -0.39 is 23.7 Å². The van der Waals surface area contributed by atoms with E-state index in [0.717, 1.165) is 31.2 Å². The largest absolute Gasteiger partial charge is 0.444 e. The van der Waals surface area contributed by atoms with Gasteiger partial charge in [-0.05, 0) is 60.1 Å². The Balaban J connectivity index is 1.46. The zero-order valence-corrected chi connectivity index (χ0v) is 22.5. The number of hydrogen-bond donors (Lipinski definition) is 2. The molecule has 2 aliphatic rings. The second-order valence-electron chi connectivity index (χ2n) is 11.1. The highest BCUT2D eigenvalue weighted by atomic mass is 35.5. The first-order chi connectivity index (χ1) is 16.9. The summed E-state index contributed by atoms with van der Waals surface area (Å²) in [5.74, 6) is -1.32. The Kier molecular flexibility index (Phi) is 8.11. The lowest BCUT2D eigenvalue weighted by Gasteiger charge is -2.37. The number of rotatable bonds is 7. The van der Waals surface area contributed by atoms with Crippen LogP contribution >= 0.6 is 11.6 Å². The molecule has 0 spiro atoms. The van der Waals surface area contributed by atoms with Crippen LogP contribution in [-0.4, -0.2) is 79.9 Å². The molecule has 4 unspecified atom stereocenters. The molecule has 0 bridgehead atoms. The number of ether oxygens (including phenoxy) is 3. The van der Waals surface area contributed by atoms with Gasteiger partial charge in [-0.3, -0.25) is 4.90 Å². The predicted octanol–water partition coefficient (Wildman–Crippen LogP) is 3.87. The number of amides is 1. The van der Waals surface area contributed by atoms with E-state index in [4.69, 9.17) is 25.8 Å². The van der Waals surface area contributed by atoms with E-state index in [0.29, 0.717) is 30.3 Å². The molecule has 36 heavy (non-hydrogen) atoms. The summed E-state index contributed by atoms with van der Waals surface area (Å²) in [6, 6.07) is 2.06. The molecule has 0 radical (unpaired) electrons. The maximum Gasteiger partial charge on any atom is 0.407 e. The van der Waals surface area contributed by atoms with Crippen molar-refractivity contribution in [1.82, 2.24) is 24.8 Å². The molecule has 0 saturated carbocycles. The van der Waals surface area contributed by atoms with Crippen LogP contribution in [0.4, 0.5) is 4.79 Å². The molecule has 4 heterocycles. The molecule has 200 valence electrons. The molecule has 11 heteroatoms. The molecule has 1 amide bonds. The Bertz CT molecular complexity index is 1050. The maximum atomic E-state index is 12.2. The van der Waals surface area contributed by atoms with Gasteiger partial charge in [-0.15, -0.1) is 0 Å². The third-order valence-corrected chi connectivity index (χ3v) is 6.69. The van der Waals surface area contributed by atoms with Gasteiger partial charge in [0, 0.05) is 31.7 Å². The normalized spacial score (nSPS) is 25.9. The van der Waals surface area contributed by atoms with Gasteiger partial charge in [0.1, 0.15) is 28.8 Å². The third-order valence-electron chi connectivity index (χ3n) is 6.39. The lowest BCUT2D eigenvalue weighted by Crippen LogP contribution is -2.49. The predicted molar refractivity (Wildman–Crippen MR) is 136 cm³/mol. The van der Waals surface area contributed by atoms with Gasteiger partial charge < -0.3 is 29.2 Å². The van der Waals surface area contributed by atoms with Crippen LogP contribution in [0.3, 0.4) is 0 Å². The fraction of sp³-hybridized carbons (Fsp3) is 0.720. The Morgan fingerprint density at radius 3 is 2.78 bits per heavy atom. The molecule has 2 N–H and O–H groups in total. The van der Waals surface area contributed by atoms with E-state index in [-0.39, 0.29) is 18.2 Å². The van der Waals surface area contributed by atoms with E-state index in [9.17, 15) is 9.90 Å². The molecule has 0 aliphatic carbocycles. The number of nitrogens with zero attached hydrogens (tertiary/aromatic N) is 4. The van der Waals surface area contributed by atoms with Crippen LogP contribution in [0, 0.1) is 0 Å². The molecule has 2 aromatic heterocycles. The second kappa shape index (κ2) is 10.8. The van der Waals surface area contributed by atoms with Gasteiger partial charge in [-0.1, -0.05) is 18.0 Å². The van der Waals surface area contributed by atoms with E-state index in [1.807, 2.05) is 37.6 Å². The Morgan fingerprint density at radius 1 is 1.28 bits per heavy atom. The summed E-state index contributed by atoms with van der Waals surface area (Å²) in [5, 5.41) is 14.4. The molecule has 10 nitrogen and oxygen atoms in total. The van der Waals surface area contributed by atoms with Crippen molar-refractivity contribution in [3.05, 3.63) is 23.7 Å². The van der Waals surface area contributed by atoms with Crippen molar-refractivity contribution in [3.63, 3.8) is 0 Å². The van der Waals surface area contributed by atoms with Crippen LogP contribution in [0.15, 0.2) is 18.6 Å². The number of alkyl carbamates (subject to hydrolysis) is 1. The number of likely N-dealkylation sites (tertiary alicyclic amines) is 1. The molecular formula is C25H38ClN5O5. The number of aliphatic hydroxyl groups is 1. The number of halogens is 1.